The van der Waals surface area contributed by atoms with Gasteiger partial charge in [0, 0.05) is 0 Å². The molecule has 0 unspecified atom stereocenters. The standard InChI is InChI=1S/C22H22.C13H12/c1-4-18-10-13-19(14-11-18)20-12-9-17(3)22(15-20)21-8-6-5-7-16(21)2;1-11-7-5-6-10-13(11)12-8-3-2-4-9-12/h5-15H,4H2,1-3H3;2-10H,1H3. The van der Waals surface area contributed by atoms with Crippen LogP contribution in [0.2, 0.25) is 0 Å². The van der Waals surface area contributed by atoms with Crippen molar-refractivity contribution in [1.29, 1.82) is 0 Å². The summed E-state index contributed by atoms with van der Waals surface area (Å²) in [6.45, 7) is 8.70. The Labute approximate surface area is 210 Å². The molecular weight excluding hydrogens is 420 g/mol. The van der Waals surface area contributed by atoms with Gasteiger partial charge in [0.15, 0.2) is 0 Å². The van der Waals surface area contributed by atoms with Gasteiger partial charge in [-0.15, -0.1) is 0 Å². The molecule has 0 atom stereocenters. The van der Waals surface area contributed by atoms with Gasteiger partial charge in [-0.25, -0.2) is 0 Å². The minimum Gasteiger partial charge on any atom is -0.0622 e. The molecule has 0 aromatic heterocycles. The fourth-order valence-electron chi connectivity index (χ4n) is 4.41. The van der Waals surface area contributed by atoms with E-state index in [-0.39, 0.29) is 0 Å². The summed E-state index contributed by atoms with van der Waals surface area (Å²) >= 11 is 0. The molecule has 0 N–H and O–H groups in total. The maximum absolute atomic E-state index is 2.32. The second kappa shape index (κ2) is 11.5. The molecule has 0 aliphatic heterocycles. The van der Waals surface area contributed by atoms with E-state index in [0.29, 0.717) is 0 Å². The van der Waals surface area contributed by atoms with Gasteiger partial charge in [-0.3, -0.25) is 0 Å². The van der Waals surface area contributed by atoms with Gasteiger partial charge in [-0.1, -0.05) is 122 Å². The van der Waals surface area contributed by atoms with Crippen LogP contribution in [0.25, 0.3) is 33.4 Å². The minimum atomic E-state index is 1.09. The monoisotopic (exact) mass is 454 g/mol. The Kier molecular flexibility index (Phi) is 7.95. The first-order valence-electron chi connectivity index (χ1n) is 12.4. The Morgan fingerprint density at radius 3 is 1.51 bits per heavy atom. The molecule has 0 spiro atoms. The summed E-state index contributed by atoms with van der Waals surface area (Å²) in [5.41, 5.74) is 13.2. The lowest BCUT2D eigenvalue weighted by Gasteiger charge is -2.12. The third-order valence-corrected chi connectivity index (χ3v) is 6.60. The van der Waals surface area contributed by atoms with E-state index in [9.17, 15) is 0 Å². The van der Waals surface area contributed by atoms with Crippen LogP contribution in [-0.2, 0) is 6.42 Å². The zero-order chi connectivity index (χ0) is 24.6. The number of hydrogen-bond acceptors (Lipinski definition) is 0. The molecular formula is C35H34. The highest BCUT2D eigenvalue weighted by molar-refractivity contribution is 5.77. The number of rotatable bonds is 4. The van der Waals surface area contributed by atoms with E-state index in [2.05, 4.69) is 143 Å². The SMILES string of the molecule is CCc1ccc(-c2ccc(C)c(-c3ccccc3C)c2)cc1.Cc1ccccc1-c1ccccc1. The third kappa shape index (κ3) is 5.97. The van der Waals surface area contributed by atoms with E-state index in [1.54, 1.807) is 0 Å². The van der Waals surface area contributed by atoms with E-state index in [1.807, 2.05) is 6.07 Å². The fraction of sp³-hybridized carbons (Fsp3) is 0.143. The van der Waals surface area contributed by atoms with Gasteiger partial charge in [0.05, 0.1) is 0 Å². The second-order valence-electron chi connectivity index (χ2n) is 9.08. The van der Waals surface area contributed by atoms with Crippen LogP contribution in [0.4, 0.5) is 0 Å². The average molecular weight is 455 g/mol. The molecule has 0 heterocycles. The zero-order valence-corrected chi connectivity index (χ0v) is 21.3. The number of aryl methyl sites for hydroxylation is 4. The third-order valence-electron chi connectivity index (χ3n) is 6.60. The summed E-state index contributed by atoms with van der Waals surface area (Å²) < 4.78 is 0. The lowest BCUT2D eigenvalue weighted by atomic mass is 9.92. The molecule has 0 radical (unpaired) electrons. The molecule has 0 heteroatoms. The van der Waals surface area contributed by atoms with E-state index < -0.39 is 0 Å². The topological polar surface area (TPSA) is 0 Å². The molecule has 0 bridgehead atoms. The van der Waals surface area contributed by atoms with Crippen molar-refractivity contribution in [3.8, 4) is 33.4 Å². The highest BCUT2D eigenvalue weighted by Gasteiger charge is 2.07. The lowest BCUT2D eigenvalue weighted by molar-refractivity contribution is 1.14. The van der Waals surface area contributed by atoms with Gasteiger partial charge in [0.1, 0.15) is 0 Å². The Morgan fingerprint density at radius 1 is 0.400 bits per heavy atom. The zero-order valence-electron chi connectivity index (χ0n) is 21.3. The van der Waals surface area contributed by atoms with Gasteiger partial charge in [0.25, 0.3) is 0 Å². The summed E-state index contributed by atoms with van der Waals surface area (Å²) in [6.07, 6.45) is 1.09. The number of benzene rings is 5. The van der Waals surface area contributed by atoms with Crippen molar-refractivity contribution in [2.24, 2.45) is 0 Å². The smallest absolute Gasteiger partial charge is 0.0146 e. The number of hydrogen-bond donors (Lipinski definition) is 0. The summed E-state index contributed by atoms with van der Waals surface area (Å²) in [7, 11) is 0. The maximum Gasteiger partial charge on any atom is -0.0146 e. The molecule has 0 fully saturated rings. The van der Waals surface area contributed by atoms with Gasteiger partial charge < -0.3 is 0 Å². The fourth-order valence-corrected chi connectivity index (χ4v) is 4.41. The predicted octanol–water partition coefficient (Wildman–Crippen LogP) is 9.86. The second-order valence-corrected chi connectivity index (χ2v) is 9.08. The van der Waals surface area contributed by atoms with Crippen LogP contribution < -0.4 is 0 Å². The molecule has 5 aromatic rings. The van der Waals surface area contributed by atoms with Crippen molar-refractivity contribution in [3.63, 3.8) is 0 Å². The highest BCUT2D eigenvalue weighted by atomic mass is 14.1. The minimum absolute atomic E-state index is 1.09. The molecule has 5 aromatic carbocycles. The summed E-state index contributed by atoms with van der Waals surface area (Å²) in [5, 5.41) is 0. The van der Waals surface area contributed by atoms with Crippen molar-refractivity contribution in [1.82, 2.24) is 0 Å². The van der Waals surface area contributed by atoms with Crippen molar-refractivity contribution in [3.05, 3.63) is 144 Å². The predicted molar refractivity (Wildman–Crippen MR) is 153 cm³/mol. The van der Waals surface area contributed by atoms with Crippen LogP contribution in [0.1, 0.15) is 29.2 Å². The Balaban J connectivity index is 0.000000189. The molecule has 0 aliphatic carbocycles. The molecule has 0 amide bonds. The van der Waals surface area contributed by atoms with Crippen LogP contribution in [0.15, 0.2) is 121 Å². The Hall–Kier alpha value is -3.90. The molecule has 5 rings (SSSR count). The van der Waals surface area contributed by atoms with Crippen molar-refractivity contribution < 1.29 is 0 Å². The van der Waals surface area contributed by atoms with Crippen LogP contribution >= 0.6 is 0 Å². The Morgan fingerprint density at radius 2 is 0.914 bits per heavy atom. The van der Waals surface area contributed by atoms with Crippen molar-refractivity contribution in [2.75, 3.05) is 0 Å². The van der Waals surface area contributed by atoms with Crippen LogP contribution in [0.5, 0.6) is 0 Å². The summed E-state index contributed by atoms with van der Waals surface area (Å²) in [4.78, 5) is 0. The van der Waals surface area contributed by atoms with Gasteiger partial charge >= 0.3 is 0 Å². The Bertz CT molecular complexity index is 1380. The van der Waals surface area contributed by atoms with E-state index >= 15 is 0 Å². The molecule has 174 valence electrons. The van der Waals surface area contributed by atoms with Crippen molar-refractivity contribution >= 4 is 0 Å². The molecule has 0 saturated heterocycles. The summed E-state index contributed by atoms with van der Waals surface area (Å²) in [6, 6.07) is 43.2. The largest absolute Gasteiger partial charge is 0.0622 e. The van der Waals surface area contributed by atoms with Crippen LogP contribution in [0.3, 0.4) is 0 Å². The molecule has 0 aliphatic rings. The van der Waals surface area contributed by atoms with E-state index in [1.165, 1.54) is 55.6 Å². The first-order valence-corrected chi connectivity index (χ1v) is 12.4. The average Bonchev–Trinajstić information content (AvgIpc) is 2.91. The highest BCUT2D eigenvalue weighted by Crippen LogP contribution is 2.31. The molecule has 0 nitrogen and oxygen atoms in total. The summed E-state index contributed by atoms with van der Waals surface area (Å²) in [5.74, 6) is 0. The maximum atomic E-state index is 2.32. The molecule has 0 saturated carbocycles. The van der Waals surface area contributed by atoms with E-state index in [4.69, 9.17) is 0 Å². The van der Waals surface area contributed by atoms with Gasteiger partial charge in [-0.05, 0) is 88.9 Å². The first-order chi connectivity index (χ1) is 17.1. The van der Waals surface area contributed by atoms with Crippen LogP contribution in [-0.4, -0.2) is 0 Å². The normalized spacial score (nSPS) is 10.4. The quantitative estimate of drug-likeness (QED) is 0.253. The lowest BCUT2D eigenvalue weighted by Crippen LogP contribution is -1.89. The van der Waals surface area contributed by atoms with Crippen LogP contribution in [0, 0.1) is 20.8 Å². The van der Waals surface area contributed by atoms with Crippen molar-refractivity contribution in [2.45, 2.75) is 34.1 Å². The van der Waals surface area contributed by atoms with Gasteiger partial charge in [-0.2, -0.15) is 0 Å². The first kappa shape index (κ1) is 24.2. The molecule has 35 heavy (non-hydrogen) atoms. The van der Waals surface area contributed by atoms with Gasteiger partial charge in [0.2, 0.25) is 0 Å². The van der Waals surface area contributed by atoms with E-state index in [0.717, 1.165) is 6.42 Å².